The van der Waals surface area contributed by atoms with Crippen molar-refractivity contribution in [2.45, 2.75) is 20.4 Å². The number of nitrogens with zero attached hydrogens (tertiary/aromatic N) is 2. The Morgan fingerprint density at radius 2 is 1.82 bits per heavy atom. The van der Waals surface area contributed by atoms with Gasteiger partial charge in [-0.3, -0.25) is 4.68 Å². The van der Waals surface area contributed by atoms with E-state index in [1.54, 1.807) is 12.3 Å². The second-order valence-corrected chi connectivity index (χ2v) is 7.23. The lowest BCUT2D eigenvalue weighted by molar-refractivity contribution is 0.0598. The molecule has 5 nitrogen and oxygen atoms in total. The van der Waals surface area contributed by atoms with Gasteiger partial charge in [0.25, 0.3) is 0 Å². The van der Waals surface area contributed by atoms with Crippen LogP contribution in [0.4, 0.5) is 0 Å². The second kappa shape index (κ2) is 7.35. The maximum Gasteiger partial charge on any atom is 0.341 e. The van der Waals surface area contributed by atoms with Crippen LogP contribution in [0.15, 0.2) is 60.8 Å². The van der Waals surface area contributed by atoms with Crippen molar-refractivity contribution in [1.29, 1.82) is 0 Å². The van der Waals surface area contributed by atoms with E-state index in [1.807, 2.05) is 53.2 Å². The van der Waals surface area contributed by atoms with Crippen LogP contribution in [-0.4, -0.2) is 22.9 Å². The largest absolute Gasteiger partial charge is 0.465 e. The summed E-state index contributed by atoms with van der Waals surface area (Å²) in [6.07, 6.45) is 1.80. The molecule has 0 fully saturated rings. The molecule has 0 spiro atoms. The van der Waals surface area contributed by atoms with E-state index >= 15 is 0 Å². The van der Waals surface area contributed by atoms with Gasteiger partial charge in [-0.15, -0.1) is 0 Å². The van der Waals surface area contributed by atoms with Gasteiger partial charge in [0, 0.05) is 11.9 Å². The molecule has 0 saturated heterocycles. The van der Waals surface area contributed by atoms with Crippen LogP contribution in [-0.2, 0) is 11.3 Å². The maximum absolute atomic E-state index is 12.4. The fourth-order valence-electron chi connectivity index (χ4n) is 3.31. The number of esters is 1. The Morgan fingerprint density at radius 1 is 1.04 bits per heavy atom. The van der Waals surface area contributed by atoms with Crippen LogP contribution < -0.4 is 4.74 Å². The first-order valence-electron chi connectivity index (χ1n) is 9.29. The fourth-order valence-corrected chi connectivity index (χ4v) is 3.31. The summed E-state index contributed by atoms with van der Waals surface area (Å²) in [5, 5.41) is 7.59. The van der Waals surface area contributed by atoms with Crippen molar-refractivity contribution in [3.8, 4) is 11.5 Å². The molecule has 0 amide bonds. The number of aromatic nitrogens is 2. The van der Waals surface area contributed by atoms with Gasteiger partial charge in [0.2, 0.25) is 0 Å². The van der Waals surface area contributed by atoms with Crippen LogP contribution in [0, 0.1) is 5.92 Å². The van der Waals surface area contributed by atoms with Gasteiger partial charge in [-0.2, -0.15) is 5.10 Å². The molecule has 0 unspecified atom stereocenters. The lowest BCUT2D eigenvalue weighted by Crippen LogP contribution is -2.08. The molecular formula is C23H22N2O3. The molecule has 0 atom stereocenters. The topological polar surface area (TPSA) is 53.3 Å². The minimum Gasteiger partial charge on any atom is -0.465 e. The minimum atomic E-state index is -0.435. The number of carbonyl (C=O) groups excluding carboxylic acids is 1. The zero-order valence-electron chi connectivity index (χ0n) is 16.2. The highest BCUT2D eigenvalue weighted by atomic mass is 16.5. The van der Waals surface area contributed by atoms with E-state index in [-0.39, 0.29) is 0 Å². The number of carbonyl (C=O) groups is 1. The van der Waals surface area contributed by atoms with Gasteiger partial charge in [-0.1, -0.05) is 44.2 Å². The summed E-state index contributed by atoms with van der Waals surface area (Å²) in [5.41, 5.74) is 1.27. The molecule has 0 bridgehead atoms. The van der Waals surface area contributed by atoms with Crippen LogP contribution in [0.25, 0.3) is 21.7 Å². The molecular weight excluding hydrogens is 352 g/mol. The van der Waals surface area contributed by atoms with Gasteiger partial charge in [0.05, 0.1) is 18.8 Å². The molecule has 4 rings (SSSR count). The van der Waals surface area contributed by atoms with Gasteiger partial charge >= 0.3 is 5.97 Å². The van der Waals surface area contributed by atoms with E-state index in [0.29, 0.717) is 23.0 Å². The summed E-state index contributed by atoms with van der Waals surface area (Å²) < 4.78 is 13.0. The van der Waals surface area contributed by atoms with Crippen molar-refractivity contribution in [2.75, 3.05) is 7.11 Å². The maximum atomic E-state index is 12.4. The zero-order chi connectivity index (χ0) is 19.7. The standard InChI is InChI=1S/C23H22N2O3/c1-15(2)14-25-21-12-20(23(26)27-3)22(11-18(21)13-24-25)28-19-9-8-16-6-4-5-7-17(16)10-19/h4-13,15H,14H2,1-3H3. The van der Waals surface area contributed by atoms with Crippen LogP contribution in [0.5, 0.6) is 11.5 Å². The van der Waals surface area contributed by atoms with Crippen LogP contribution in [0.2, 0.25) is 0 Å². The molecule has 0 N–H and O–H groups in total. The Kier molecular flexibility index (Phi) is 4.74. The van der Waals surface area contributed by atoms with Gasteiger partial charge in [0.1, 0.15) is 17.1 Å². The van der Waals surface area contributed by atoms with E-state index in [9.17, 15) is 4.79 Å². The molecule has 0 saturated carbocycles. The SMILES string of the molecule is COC(=O)c1cc2c(cnn2CC(C)C)cc1Oc1ccc2ccccc2c1. The molecule has 0 aliphatic carbocycles. The molecule has 0 radical (unpaired) electrons. The number of methoxy groups -OCH3 is 1. The van der Waals surface area contributed by atoms with E-state index in [4.69, 9.17) is 9.47 Å². The summed E-state index contributed by atoms with van der Waals surface area (Å²) in [4.78, 5) is 12.4. The average Bonchev–Trinajstić information content (AvgIpc) is 3.07. The predicted molar refractivity (Wildman–Crippen MR) is 110 cm³/mol. The first-order valence-corrected chi connectivity index (χ1v) is 9.29. The first kappa shape index (κ1) is 18.0. The highest BCUT2D eigenvalue weighted by molar-refractivity contribution is 5.98. The van der Waals surface area contributed by atoms with E-state index in [2.05, 4.69) is 18.9 Å². The van der Waals surface area contributed by atoms with E-state index < -0.39 is 5.97 Å². The Balaban J connectivity index is 1.78. The second-order valence-electron chi connectivity index (χ2n) is 7.23. The van der Waals surface area contributed by atoms with Crippen molar-refractivity contribution in [3.63, 3.8) is 0 Å². The van der Waals surface area contributed by atoms with Gasteiger partial charge < -0.3 is 9.47 Å². The van der Waals surface area contributed by atoms with Crippen LogP contribution in [0.3, 0.4) is 0 Å². The normalized spacial score (nSPS) is 11.3. The third kappa shape index (κ3) is 3.43. The monoisotopic (exact) mass is 374 g/mol. The van der Waals surface area contributed by atoms with Crippen molar-refractivity contribution in [2.24, 2.45) is 5.92 Å². The lowest BCUT2D eigenvalue weighted by Gasteiger charge is -2.12. The third-order valence-electron chi connectivity index (χ3n) is 4.64. The fraction of sp³-hybridized carbons (Fsp3) is 0.217. The number of benzene rings is 3. The Bertz CT molecular complexity index is 1160. The Morgan fingerprint density at radius 3 is 2.57 bits per heavy atom. The Labute approximate surface area is 163 Å². The highest BCUT2D eigenvalue weighted by Crippen LogP contribution is 2.32. The van der Waals surface area contributed by atoms with Crippen molar-refractivity contribution >= 4 is 27.6 Å². The number of hydrogen-bond donors (Lipinski definition) is 0. The third-order valence-corrected chi connectivity index (χ3v) is 4.64. The molecule has 1 heterocycles. The molecule has 0 aliphatic rings. The van der Waals surface area contributed by atoms with Crippen LogP contribution in [0.1, 0.15) is 24.2 Å². The molecule has 0 aliphatic heterocycles. The summed E-state index contributed by atoms with van der Waals surface area (Å²) in [7, 11) is 1.37. The molecule has 5 heteroatoms. The van der Waals surface area contributed by atoms with Gasteiger partial charge in [-0.05, 0) is 41.0 Å². The molecule has 4 aromatic rings. The Hall–Kier alpha value is -3.34. The van der Waals surface area contributed by atoms with Gasteiger partial charge in [-0.25, -0.2) is 4.79 Å². The molecule has 1 aromatic heterocycles. The zero-order valence-corrected chi connectivity index (χ0v) is 16.2. The summed E-state index contributed by atoms with van der Waals surface area (Å²) >= 11 is 0. The summed E-state index contributed by atoms with van der Waals surface area (Å²) in [5.74, 6) is 1.13. The summed E-state index contributed by atoms with van der Waals surface area (Å²) in [6.45, 7) is 5.03. The van der Waals surface area contributed by atoms with E-state index in [1.165, 1.54) is 7.11 Å². The molecule has 3 aromatic carbocycles. The molecule has 142 valence electrons. The molecule has 28 heavy (non-hydrogen) atoms. The first-order chi connectivity index (χ1) is 13.5. The van der Waals surface area contributed by atoms with Gasteiger partial charge in [0.15, 0.2) is 0 Å². The number of fused-ring (bicyclic) bond motifs is 2. The van der Waals surface area contributed by atoms with Crippen molar-refractivity contribution < 1.29 is 14.3 Å². The lowest BCUT2D eigenvalue weighted by atomic mass is 10.1. The smallest absolute Gasteiger partial charge is 0.341 e. The number of rotatable bonds is 5. The minimum absolute atomic E-state index is 0.383. The van der Waals surface area contributed by atoms with E-state index in [0.717, 1.165) is 28.2 Å². The quantitative estimate of drug-likeness (QED) is 0.437. The summed E-state index contributed by atoms with van der Waals surface area (Å²) in [6, 6.07) is 17.6. The van der Waals surface area contributed by atoms with Crippen molar-refractivity contribution in [3.05, 3.63) is 66.4 Å². The number of ether oxygens (including phenoxy) is 2. The predicted octanol–water partition coefficient (Wildman–Crippen LogP) is 5.42. The average molecular weight is 374 g/mol. The number of hydrogen-bond acceptors (Lipinski definition) is 4. The van der Waals surface area contributed by atoms with Crippen LogP contribution >= 0.6 is 0 Å². The van der Waals surface area contributed by atoms with Crippen molar-refractivity contribution in [1.82, 2.24) is 9.78 Å². The highest BCUT2D eigenvalue weighted by Gasteiger charge is 2.18.